The molecule has 0 aliphatic carbocycles. The largest absolute Gasteiger partial charge is 0.466 e. The van der Waals surface area contributed by atoms with Crippen LogP contribution in [0.3, 0.4) is 0 Å². The molecule has 3 N–H and O–H groups in total. The van der Waals surface area contributed by atoms with E-state index < -0.39 is 0 Å². The number of nitrogens with two attached hydrogens (primary N) is 1. The molecule has 1 heterocycles. The standard InChI is InChI=1S/C15H20N2O/c1-9-5-13(16)8-14(6-9)17-11(3)15-7-10(2)18-12(15)4/h5-8,11,17H,16H2,1-4H3. The van der Waals surface area contributed by atoms with Crippen molar-refractivity contribution in [2.75, 3.05) is 11.1 Å². The van der Waals surface area contributed by atoms with Gasteiger partial charge in [0, 0.05) is 16.9 Å². The average molecular weight is 244 g/mol. The van der Waals surface area contributed by atoms with Gasteiger partial charge in [0.1, 0.15) is 11.5 Å². The summed E-state index contributed by atoms with van der Waals surface area (Å²) in [6.07, 6.45) is 0. The van der Waals surface area contributed by atoms with E-state index in [4.69, 9.17) is 10.2 Å². The van der Waals surface area contributed by atoms with E-state index in [-0.39, 0.29) is 6.04 Å². The number of nitrogen functional groups attached to an aromatic ring is 1. The SMILES string of the molecule is Cc1cc(N)cc(NC(C)c2cc(C)oc2C)c1. The summed E-state index contributed by atoms with van der Waals surface area (Å²) in [4.78, 5) is 0. The lowest BCUT2D eigenvalue weighted by atomic mass is 10.1. The summed E-state index contributed by atoms with van der Waals surface area (Å²) in [6.45, 7) is 8.12. The molecule has 0 spiro atoms. The molecule has 0 saturated carbocycles. The van der Waals surface area contributed by atoms with E-state index in [9.17, 15) is 0 Å². The highest BCUT2D eigenvalue weighted by atomic mass is 16.3. The van der Waals surface area contributed by atoms with Crippen molar-refractivity contribution in [1.82, 2.24) is 0 Å². The monoisotopic (exact) mass is 244 g/mol. The summed E-state index contributed by atoms with van der Waals surface area (Å²) in [5.74, 6) is 1.91. The fourth-order valence-electron chi connectivity index (χ4n) is 2.30. The van der Waals surface area contributed by atoms with E-state index in [1.807, 2.05) is 32.9 Å². The first-order chi connectivity index (χ1) is 8.45. The van der Waals surface area contributed by atoms with Crippen LogP contribution in [0, 0.1) is 20.8 Å². The van der Waals surface area contributed by atoms with Crippen molar-refractivity contribution in [3.05, 3.63) is 46.9 Å². The van der Waals surface area contributed by atoms with Crippen LogP contribution in [0.4, 0.5) is 11.4 Å². The molecule has 3 heteroatoms. The lowest BCUT2D eigenvalue weighted by Crippen LogP contribution is -2.07. The van der Waals surface area contributed by atoms with Gasteiger partial charge in [0.25, 0.3) is 0 Å². The second kappa shape index (κ2) is 4.77. The van der Waals surface area contributed by atoms with Gasteiger partial charge in [-0.15, -0.1) is 0 Å². The first kappa shape index (κ1) is 12.6. The first-order valence-corrected chi connectivity index (χ1v) is 6.16. The van der Waals surface area contributed by atoms with E-state index in [2.05, 4.69) is 24.4 Å². The van der Waals surface area contributed by atoms with Crippen LogP contribution in [0.5, 0.6) is 0 Å². The van der Waals surface area contributed by atoms with Crippen LogP contribution in [0.15, 0.2) is 28.7 Å². The highest BCUT2D eigenvalue weighted by Crippen LogP contribution is 2.26. The third-order valence-electron chi connectivity index (χ3n) is 3.03. The van der Waals surface area contributed by atoms with Crippen LogP contribution in [0.25, 0.3) is 0 Å². The normalized spacial score (nSPS) is 12.4. The number of nitrogens with one attached hydrogen (secondary N) is 1. The zero-order valence-corrected chi connectivity index (χ0v) is 11.4. The van der Waals surface area contributed by atoms with Crippen molar-refractivity contribution < 1.29 is 4.42 Å². The van der Waals surface area contributed by atoms with Gasteiger partial charge in [-0.1, -0.05) is 0 Å². The highest BCUT2D eigenvalue weighted by molar-refractivity contribution is 5.57. The molecule has 0 aliphatic rings. The third kappa shape index (κ3) is 2.67. The molecule has 0 bridgehead atoms. The molecule has 0 aliphatic heterocycles. The van der Waals surface area contributed by atoms with Crippen molar-refractivity contribution in [2.45, 2.75) is 33.7 Å². The topological polar surface area (TPSA) is 51.2 Å². The summed E-state index contributed by atoms with van der Waals surface area (Å²) in [5, 5.41) is 3.45. The molecule has 0 radical (unpaired) electrons. The molecular formula is C15H20N2O. The van der Waals surface area contributed by atoms with Gasteiger partial charge >= 0.3 is 0 Å². The summed E-state index contributed by atoms with van der Waals surface area (Å²) >= 11 is 0. The van der Waals surface area contributed by atoms with E-state index in [0.29, 0.717) is 0 Å². The maximum Gasteiger partial charge on any atom is 0.106 e. The zero-order valence-electron chi connectivity index (χ0n) is 11.4. The zero-order chi connectivity index (χ0) is 13.3. The molecule has 3 nitrogen and oxygen atoms in total. The number of benzene rings is 1. The van der Waals surface area contributed by atoms with Crippen LogP contribution in [-0.2, 0) is 0 Å². The highest BCUT2D eigenvalue weighted by Gasteiger charge is 2.12. The maximum atomic E-state index is 5.85. The fourth-order valence-corrected chi connectivity index (χ4v) is 2.30. The lowest BCUT2D eigenvalue weighted by molar-refractivity contribution is 0.500. The molecule has 0 fully saturated rings. The van der Waals surface area contributed by atoms with E-state index >= 15 is 0 Å². The molecule has 96 valence electrons. The lowest BCUT2D eigenvalue weighted by Gasteiger charge is -2.15. The Labute approximate surface area is 108 Å². The van der Waals surface area contributed by atoms with Gasteiger partial charge in [0.15, 0.2) is 0 Å². The Morgan fingerprint density at radius 3 is 2.39 bits per heavy atom. The Bertz CT molecular complexity index is 537. The molecule has 1 unspecified atom stereocenters. The van der Waals surface area contributed by atoms with Crippen LogP contribution in [-0.4, -0.2) is 0 Å². The minimum absolute atomic E-state index is 0.198. The van der Waals surface area contributed by atoms with Crippen molar-refractivity contribution >= 4 is 11.4 Å². The summed E-state index contributed by atoms with van der Waals surface area (Å²) in [6, 6.07) is 8.28. The summed E-state index contributed by atoms with van der Waals surface area (Å²) in [7, 11) is 0. The van der Waals surface area contributed by atoms with Crippen molar-refractivity contribution in [3.63, 3.8) is 0 Å². The molecule has 2 aromatic rings. The quantitative estimate of drug-likeness (QED) is 0.803. The molecule has 0 amide bonds. The van der Waals surface area contributed by atoms with Gasteiger partial charge in [-0.3, -0.25) is 0 Å². The van der Waals surface area contributed by atoms with Gasteiger partial charge in [0.05, 0.1) is 6.04 Å². The van der Waals surface area contributed by atoms with E-state index in [0.717, 1.165) is 28.5 Å². The average Bonchev–Trinajstić information content (AvgIpc) is 2.56. The molecule has 1 atom stereocenters. The Hall–Kier alpha value is -1.90. The predicted octanol–water partition coefficient (Wildman–Crippen LogP) is 3.96. The number of hydrogen-bond donors (Lipinski definition) is 2. The van der Waals surface area contributed by atoms with Crippen LogP contribution < -0.4 is 11.1 Å². The number of anilines is 2. The van der Waals surface area contributed by atoms with Crippen LogP contribution >= 0.6 is 0 Å². The number of hydrogen-bond acceptors (Lipinski definition) is 3. The minimum Gasteiger partial charge on any atom is -0.466 e. The molecule has 18 heavy (non-hydrogen) atoms. The Morgan fingerprint density at radius 2 is 1.83 bits per heavy atom. The second-order valence-corrected chi connectivity index (χ2v) is 4.87. The molecule has 2 rings (SSSR count). The second-order valence-electron chi connectivity index (χ2n) is 4.87. The van der Waals surface area contributed by atoms with E-state index in [1.165, 1.54) is 5.56 Å². The number of furan rings is 1. The van der Waals surface area contributed by atoms with Gasteiger partial charge in [0.2, 0.25) is 0 Å². The van der Waals surface area contributed by atoms with E-state index in [1.54, 1.807) is 0 Å². The van der Waals surface area contributed by atoms with Gasteiger partial charge in [-0.05, 0) is 57.5 Å². The van der Waals surface area contributed by atoms with Gasteiger partial charge in [-0.2, -0.15) is 0 Å². The molecule has 1 aromatic carbocycles. The summed E-state index contributed by atoms with van der Waals surface area (Å²) < 4.78 is 5.56. The van der Waals surface area contributed by atoms with Crippen LogP contribution in [0.2, 0.25) is 0 Å². The Morgan fingerprint density at radius 1 is 1.11 bits per heavy atom. The number of rotatable bonds is 3. The fraction of sp³-hybridized carbons (Fsp3) is 0.333. The molecule has 0 saturated heterocycles. The maximum absolute atomic E-state index is 5.85. The van der Waals surface area contributed by atoms with Gasteiger partial charge < -0.3 is 15.5 Å². The van der Waals surface area contributed by atoms with Crippen molar-refractivity contribution in [1.29, 1.82) is 0 Å². The van der Waals surface area contributed by atoms with Crippen molar-refractivity contribution in [3.8, 4) is 0 Å². The molecule has 1 aromatic heterocycles. The Balaban J connectivity index is 2.20. The smallest absolute Gasteiger partial charge is 0.106 e. The third-order valence-corrected chi connectivity index (χ3v) is 3.03. The molecular weight excluding hydrogens is 224 g/mol. The van der Waals surface area contributed by atoms with Crippen molar-refractivity contribution in [2.24, 2.45) is 0 Å². The summed E-state index contributed by atoms with van der Waals surface area (Å²) in [5.41, 5.74) is 10.0. The minimum atomic E-state index is 0.198. The van der Waals surface area contributed by atoms with Gasteiger partial charge in [-0.25, -0.2) is 0 Å². The Kier molecular flexibility index (Phi) is 3.32. The number of aryl methyl sites for hydroxylation is 3. The first-order valence-electron chi connectivity index (χ1n) is 6.16. The van der Waals surface area contributed by atoms with Crippen LogP contribution in [0.1, 0.15) is 35.6 Å². The predicted molar refractivity (Wildman–Crippen MR) is 75.8 cm³/mol.